The quantitative estimate of drug-likeness (QED) is 0.0676. The maximum absolute atomic E-state index is 16.4. The minimum absolute atomic E-state index is 0.240. The van der Waals surface area contributed by atoms with Crippen LogP contribution in [0.1, 0.15) is 34.0 Å². The third-order valence-electron chi connectivity index (χ3n) is 9.23. The van der Waals surface area contributed by atoms with Crippen molar-refractivity contribution < 1.29 is 37.5 Å². The van der Waals surface area contributed by atoms with Gasteiger partial charge in [-0.1, -0.05) is 72.8 Å². The summed E-state index contributed by atoms with van der Waals surface area (Å²) >= 11 is 0. The van der Waals surface area contributed by atoms with Crippen molar-refractivity contribution in [3.63, 3.8) is 0 Å². The van der Waals surface area contributed by atoms with Gasteiger partial charge in [0.1, 0.15) is 23.4 Å². The van der Waals surface area contributed by atoms with Crippen LogP contribution >= 0.6 is 7.14 Å². The molecule has 0 amide bonds. The number of carbonyl (C=O) groups is 1. The van der Waals surface area contributed by atoms with Gasteiger partial charge in [0.2, 0.25) is 0 Å². The van der Waals surface area contributed by atoms with Gasteiger partial charge in [0.05, 0.1) is 32.6 Å². The molecule has 0 unspecified atom stereocenters. The third-order valence-corrected chi connectivity index (χ3v) is 13.7. The number of carbonyl (C=O) groups excluding carboxylic acids is 1. The van der Waals surface area contributed by atoms with E-state index < -0.39 is 45.1 Å². The largest absolute Gasteiger partial charge is 0.497 e. The summed E-state index contributed by atoms with van der Waals surface area (Å²) in [6.45, 7) is 6.27. The van der Waals surface area contributed by atoms with E-state index in [-0.39, 0.29) is 6.42 Å². The summed E-state index contributed by atoms with van der Waals surface area (Å²) in [7, 11) is -1.28. The lowest BCUT2D eigenvalue weighted by molar-refractivity contribution is -0.202. The summed E-state index contributed by atoms with van der Waals surface area (Å²) in [6, 6.07) is 40.8. The smallest absolute Gasteiger partial charge is 0.338 e. The summed E-state index contributed by atoms with van der Waals surface area (Å²) in [5.74, 6) is -0.0975. The monoisotopic (exact) mass is 736 g/mol. The molecular weight excluding hydrogens is 692 g/mol. The molecule has 1 saturated heterocycles. The van der Waals surface area contributed by atoms with Gasteiger partial charge in [-0.05, 0) is 92.3 Å². The lowest BCUT2D eigenvalue weighted by Gasteiger charge is -2.43. The van der Waals surface area contributed by atoms with Crippen molar-refractivity contribution in [1.29, 1.82) is 0 Å². The maximum Gasteiger partial charge on any atom is 0.338 e. The molecule has 5 aromatic rings. The molecule has 0 bridgehead atoms. The fourth-order valence-electron chi connectivity index (χ4n) is 6.86. The first kappa shape index (κ1) is 37.1. The van der Waals surface area contributed by atoms with E-state index in [9.17, 15) is 4.79 Å². The van der Waals surface area contributed by atoms with Crippen molar-refractivity contribution in [3.05, 3.63) is 150 Å². The van der Waals surface area contributed by atoms with Gasteiger partial charge in [0.15, 0.2) is 27.4 Å². The van der Waals surface area contributed by atoms with Crippen LogP contribution in [0.15, 0.2) is 133 Å². The van der Waals surface area contributed by atoms with Gasteiger partial charge < -0.3 is 32.7 Å². The number of methoxy groups -OCH3 is 3. The van der Waals surface area contributed by atoms with Gasteiger partial charge in [-0.15, -0.1) is 0 Å². The SMILES string of the molecule is COc1ccc(C(=O)O[C@@H](c2ccc(OC)cc2)[C@@H]2C[C@@H](P(=O)(c3ccccc3)c3ccccc3)[C@](O[Si](C)(C)C)(c3ccc(OC)cc3)O2)cc1. The van der Waals surface area contributed by atoms with Crippen molar-refractivity contribution in [2.24, 2.45) is 0 Å². The molecule has 0 N–H and O–H groups in total. The Bertz CT molecular complexity index is 1940. The zero-order valence-electron chi connectivity index (χ0n) is 30.4. The van der Waals surface area contributed by atoms with Crippen molar-refractivity contribution >= 4 is 32.0 Å². The van der Waals surface area contributed by atoms with Gasteiger partial charge in [0, 0.05) is 16.2 Å². The van der Waals surface area contributed by atoms with Crippen molar-refractivity contribution in [2.45, 2.75) is 49.7 Å². The Morgan fingerprint density at radius 3 is 1.62 bits per heavy atom. The Balaban J connectivity index is 1.57. The predicted molar refractivity (Wildman–Crippen MR) is 206 cm³/mol. The van der Waals surface area contributed by atoms with Crippen LogP contribution < -0.4 is 24.8 Å². The van der Waals surface area contributed by atoms with Crippen LogP contribution in [0, 0.1) is 0 Å². The second kappa shape index (κ2) is 15.5. The van der Waals surface area contributed by atoms with Crippen molar-refractivity contribution in [2.75, 3.05) is 21.3 Å². The van der Waals surface area contributed by atoms with Gasteiger partial charge in [-0.3, -0.25) is 0 Å². The molecule has 0 aliphatic carbocycles. The van der Waals surface area contributed by atoms with Crippen LogP contribution in [-0.2, 0) is 24.3 Å². The van der Waals surface area contributed by atoms with Crippen LogP contribution in [0.3, 0.4) is 0 Å². The molecule has 1 aliphatic rings. The molecule has 8 nitrogen and oxygen atoms in total. The minimum Gasteiger partial charge on any atom is -0.497 e. The summed E-state index contributed by atoms with van der Waals surface area (Å²) in [5.41, 5.74) is 1.02. The van der Waals surface area contributed by atoms with Gasteiger partial charge in [-0.2, -0.15) is 0 Å². The van der Waals surface area contributed by atoms with E-state index in [1.54, 1.807) is 45.6 Å². The first-order valence-electron chi connectivity index (χ1n) is 17.2. The molecule has 6 rings (SSSR count). The molecule has 0 spiro atoms. The summed E-state index contributed by atoms with van der Waals surface area (Å²) < 4.78 is 53.7. The number of ether oxygens (including phenoxy) is 5. The fraction of sp³-hybridized carbons (Fsp3) is 0.262. The molecule has 10 heteroatoms. The average Bonchev–Trinajstić information content (AvgIpc) is 3.56. The lowest BCUT2D eigenvalue weighted by atomic mass is 9.98. The molecule has 4 atom stereocenters. The zero-order chi connectivity index (χ0) is 36.9. The Morgan fingerprint density at radius 2 is 1.15 bits per heavy atom. The second-order valence-corrected chi connectivity index (χ2v) is 21.1. The van der Waals surface area contributed by atoms with Gasteiger partial charge >= 0.3 is 5.97 Å². The van der Waals surface area contributed by atoms with Crippen molar-refractivity contribution in [1.82, 2.24) is 0 Å². The van der Waals surface area contributed by atoms with Crippen LogP contribution in [0.2, 0.25) is 19.6 Å². The number of esters is 1. The number of hydrogen-bond acceptors (Lipinski definition) is 8. The lowest BCUT2D eigenvalue weighted by Crippen LogP contribution is -2.49. The molecule has 0 saturated carbocycles. The molecule has 1 fully saturated rings. The van der Waals surface area contributed by atoms with E-state index in [2.05, 4.69) is 19.6 Å². The van der Waals surface area contributed by atoms with E-state index in [0.717, 1.165) is 0 Å². The van der Waals surface area contributed by atoms with Crippen LogP contribution in [0.4, 0.5) is 0 Å². The molecule has 1 heterocycles. The number of rotatable bonds is 13. The van der Waals surface area contributed by atoms with E-state index in [4.69, 9.17) is 28.1 Å². The van der Waals surface area contributed by atoms with Crippen LogP contribution in [0.25, 0.3) is 0 Å². The van der Waals surface area contributed by atoms with E-state index >= 15 is 4.57 Å². The molecule has 52 heavy (non-hydrogen) atoms. The minimum atomic E-state index is -3.58. The highest BCUT2D eigenvalue weighted by Gasteiger charge is 2.62. The number of benzene rings is 5. The maximum atomic E-state index is 16.4. The van der Waals surface area contributed by atoms with E-state index in [0.29, 0.717) is 44.5 Å². The average molecular weight is 737 g/mol. The normalized spacial score (nSPS) is 19.4. The highest BCUT2D eigenvalue weighted by atomic mass is 31.2. The van der Waals surface area contributed by atoms with Crippen LogP contribution in [-0.4, -0.2) is 47.4 Å². The first-order valence-corrected chi connectivity index (χ1v) is 22.4. The van der Waals surface area contributed by atoms with E-state index in [1.807, 2.05) is 109 Å². The molecule has 0 radical (unpaired) electrons. The summed E-state index contributed by atoms with van der Waals surface area (Å²) in [6.07, 6.45) is -1.45. The number of hydrogen-bond donors (Lipinski definition) is 0. The fourth-order valence-corrected chi connectivity index (χ4v) is 11.7. The predicted octanol–water partition coefficient (Wildman–Crippen LogP) is 8.49. The highest BCUT2D eigenvalue weighted by molar-refractivity contribution is 7.79. The highest BCUT2D eigenvalue weighted by Crippen LogP contribution is 2.63. The molecule has 5 aromatic carbocycles. The van der Waals surface area contributed by atoms with Crippen LogP contribution in [0.5, 0.6) is 17.2 Å². The molecule has 270 valence electrons. The Hall–Kier alpha value is -4.66. The van der Waals surface area contributed by atoms with E-state index in [1.165, 1.54) is 0 Å². The van der Waals surface area contributed by atoms with Gasteiger partial charge in [0.25, 0.3) is 0 Å². The molecule has 1 aliphatic heterocycles. The Labute approximate surface area is 307 Å². The first-order chi connectivity index (χ1) is 25.0. The topological polar surface area (TPSA) is 89.5 Å². The second-order valence-electron chi connectivity index (χ2n) is 13.7. The van der Waals surface area contributed by atoms with Crippen molar-refractivity contribution in [3.8, 4) is 17.2 Å². The summed E-state index contributed by atoms with van der Waals surface area (Å²) in [4.78, 5) is 13.9. The third kappa shape index (κ3) is 7.59. The molecule has 0 aromatic heterocycles. The molecular formula is C42H45O8PSi. The Kier molecular flexibility index (Phi) is 11.1. The standard InChI is InChI=1S/C42H45O8PSi/c1-45-33-23-17-30(18-24-33)40(48-41(43)31-19-25-34(46-2)26-20-31)38-29-39(51(44,36-13-9-7-10-14-36)37-15-11-8-12-16-37)42(49-38,50-52(4,5)6)32-21-27-35(47-3)28-22-32/h7-28,38-40H,29H2,1-6H3/t38-,39+,40-,42+/m0/s1. The Morgan fingerprint density at radius 1 is 0.692 bits per heavy atom. The van der Waals surface area contributed by atoms with Gasteiger partial charge in [-0.25, -0.2) is 4.79 Å². The zero-order valence-corrected chi connectivity index (χ0v) is 32.2. The summed E-state index contributed by atoms with van der Waals surface area (Å²) in [5, 5.41) is 1.37.